The number of hydrogen-bond donors (Lipinski definition) is 1. The summed E-state index contributed by atoms with van der Waals surface area (Å²) in [5.41, 5.74) is 0. The van der Waals surface area contributed by atoms with Crippen LogP contribution in [-0.2, 0) is 0 Å². The van der Waals surface area contributed by atoms with Crippen LogP contribution in [0, 0.1) is 5.92 Å². The normalized spacial score (nSPS) is 25.0. The molecule has 102 valence electrons. The van der Waals surface area contributed by atoms with Crippen LogP contribution in [0.2, 0.25) is 0 Å². The molecule has 1 fully saturated rings. The van der Waals surface area contributed by atoms with E-state index in [9.17, 15) is 8.78 Å². The fraction of sp³-hybridized carbons (Fsp3) is 0.692. The smallest absolute Gasteiger partial charge is 0.248 e. The molecule has 1 N–H and O–H groups in total. The lowest BCUT2D eigenvalue weighted by Gasteiger charge is -2.31. The SMILES string of the molecule is CNC(CC1CCCC(F)(F)C1)c1ccc(Br)s1. The first kappa shape index (κ1) is 14.4. The van der Waals surface area contributed by atoms with E-state index in [0.29, 0.717) is 6.42 Å². The van der Waals surface area contributed by atoms with Crippen LogP contribution in [0.5, 0.6) is 0 Å². The highest BCUT2D eigenvalue weighted by atomic mass is 79.9. The second kappa shape index (κ2) is 5.97. The maximum Gasteiger partial charge on any atom is 0.248 e. The molecule has 18 heavy (non-hydrogen) atoms. The van der Waals surface area contributed by atoms with Crippen LogP contribution in [0.25, 0.3) is 0 Å². The average molecular weight is 338 g/mol. The zero-order valence-electron chi connectivity index (χ0n) is 10.4. The van der Waals surface area contributed by atoms with Gasteiger partial charge in [-0.05, 0) is 60.3 Å². The fourth-order valence-corrected chi connectivity index (χ4v) is 4.25. The summed E-state index contributed by atoms with van der Waals surface area (Å²) in [6, 6.07) is 4.27. The Labute approximate surface area is 119 Å². The minimum Gasteiger partial charge on any atom is -0.312 e. The van der Waals surface area contributed by atoms with Crippen molar-refractivity contribution in [2.75, 3.05) is 7.05 Å². The van der Waals surface area contributed by atoms with E-state index < -0.39 is 5.92 Å². The summed E-state index contributed by atoms with van der Waals surface area (Å²) in [7, 11) is 1.90. The van der Waals surface area contributed by atoms with E-state index >= 15 is 0 Å². The highest BCUT2D eigenvalue weighted by Crippen LogP contribution is 2.41. The molecule has 2 rings (SSSR count). The Morgan fingerprint density at radius 3 is 2.89 bits per heavy atom. The quantitative estimate of drug-likeness (QED) is 0.816. The molecule has 1 aromatic rings. The van der Waals surface area contributed by atoms with Crippen molar-refractivity contribution >= 4 is 27.3 Å². The second-order valence-electron chi connectivity index (χ2n) is 5.04. The number of halogens is 3. The molecular weight excluding hydrogens is 320 g/mol. The van der Waals surface area contributed by atoms with Crippen molar-refractivity contribution in [2.45, 2.75) is 44.1 Å². The zero-order chi connectivity index (χ0) is 13.2. The molecule has 0 radical (unpaired) electrons. The van der Waals surface area contributed by atoms with E-state index in [4.69, 9.17) is 0 Å². The Kier molecular flexibility index (Phi) is 4.78. The van der Waals surface area contributed by atoms with Crippen molar-refractivity contribution in [3.05, 3.63) is 20.8 Å². The van der Waals surface area contributed by atoms with Crippen molar-refractivity contribution in [3.63, 3.8) is 0 Å². The highest BCUT2D eigenvalue weighted by Gasteiger charge is 2.36. The molecular formula is C13H18BrF2NS. The van der Waals surface area contributed by atoms with Crippen LogP contribution < -0.4 is 5.32 Å². The van der Waals surface area contributed by atoms with Gasteiger partial charge >= 0.3 is 0 Å². The van der Waals surface area contributed by atoms with E-state index in [1.807, 2.05) is 13.1 Å². The average Bonchev–Trinajstić information content (AvgIpc) is 2.71. The van der Waals surface area contributed by atoms with Gasteiger partial charge in [0.2, 0.25) is 5.92 Å². The molecule has 1 heterocycles. The van der Waals surface area contributed by atoms with E-state index in [1.54, 1.807) is 11.3 Å². The molecule has 0 bridgehead atoms. The summed E-state index contributed by atoms with van der Waals surface area (Å²) in [6.07, 6.45) is 2.51. The molecule has 0 saturated heterocycles. The number of alkyl halides is 2. The van der Waals surface area contributed by atoms with E-state index in [0.717, 1.165) is 16.6 Å². The summed E-state index contributed by atoms with van der Waals surface area (Å²) in [5.74, 6) is -2.32. The van der Waals surface area contributed by atoms with Gasteiger partial charge in [0, 0.05) is 23.8 Å². The first-order chi connectivity index (χ1) is 8.50. The molecule has 0 spiro atoms. The lowest BCUT2D eigenvalue weighted by atomic mass is 9.82. The third-order valence-electron chi connectivity index (χ3n) is 3.60. The number of thiophene rings is 1. The predicted molar refractivity (Wildman–Crippen MR) is 75.3 cm³/mol. The van der Waals surface area contributed by atoms with Gasteiger partial charge in [0.15, 0.2) is 0 Å². The third-order valence-corrected chi connectivity index (χ3v) is 5.33. The molecule has 2 unspecified atom stereocenters. The Morgan fingerprint density at radius 2 is 2.33 bits per heavy atom. The number of rotatable bonds is 4. The number of nitrogens with one attached hydrogen (secondary N) is 1. The topological polar surface area (TPSA) is 12.0 Å². The Bertz CT molecular complexity index is 394. The predicted octanol–water partition coefficient (Wildman–Crippen LogP) is 4.99. The monoisotopic (exact) mass is 337 g/mol. The Hall–Kier alpha value is -0.0000000000000000833. The van der Waals surface area contributed by atoms with Crippen LogP contribution in [-0.4, -0.2) is 13.0 Å². The summed E-state index contributed by atoms with van der Waals surface area (Å²) < 4.78 is 27.9. The molecule has 0 aliphatic heterocycles. The molecule has 1 saturated carbocycles. The van der Waals surface area contributed by atoms with Crippen molar-refractivity contribution in [1.82, 2.24) is 5.32 Å². The van der Waals surface area contributed by atoms with Gasteiger partial charge in [0.25, 0.3) is 0 Å². The van der Waals surface area contributed by atoms with Gasteiger partial charge < -0.3 is 5.32 Å². The van der Waals surface area contributed by atoms with E-state index in [2.05, 4.69) is 27.3 Å². The molecule has 0 amide bonds. The minimum absolute atomic E-state index is 0.0533. The summed E-state index contributed by atoms with van der Waals surface area (Å²) in [6.45, 7) is 0. The lowest BCUT2D eigenvalue weighted by molar-refractivity contribution is -0.0547. The van der Waals surface area contributed by atoms with Crippen molar-refractivity contribution < 1.29 is 8.78 Å². The minimum atomic E-state index is -2.45. The molecule has 5 heteroatoms. The second-order valence-corrected chi connectivity index (χ2v) is 7.53. The fourth-order valence-electron chi connectivity index (χ4n) is 2.70. The maximum atomic E-state index is 13.4. The van der Waals surface area contributed by atoms with E-state index in [1.165, 1.54) is 4.88 Å². The zero-order valence-corrected chi connectivity index (χ0v) is 12.8. The molecule has 0 aromatic carbocycles. The van der Waals surface area contributed by atoms with Crippen molar-refractivity contribution in [2.24, 2.45) is 5.92 Å². The van der Waals surface area contributed by atoms with Crippen molar-refractivity contribution in [1.29, 1.82) is 0 Å². The Morgan fingerprint density at radius 1 is 1.56 bits per heavy atom. The molecule has 2 atom stereocenters. The van der Waals surface area contributed by atoms with Gasteiger partial charge in [-0.2, -0.15) is 0 Å². The summed E-state index contributed by atoms with van der Waals surface area (Å²) >= 11 is 5.12. The van der Waals surface area contributed by atoms with Gasteiger partial charge in [-0.15, -0.1) is 11.3 Å². The summed E-state index contributed by atoms with van der Waals surface area (Å²) in [5, 5.41) is 3.25. The lowest BCUT2D eigenvalue weighted by Crippen LogP contribution is -2.29. The van der Waals surface area contributed by atoms with Crippen molar-refractivity contribution in [3.8, 4) is 0 Å². The molecule has 1 aliphatic rings. The molecule has 1 nitrogen and oxygen atoms in total. The van der Waals surface area contributed by atoms with E-state index in [-0.39, 0.29) is 24.8 Å². The maximum absolute atomic E-state index is 13.4. The number of hydrogen-bond acceptors (Lipinski definition) is 2. The highest BCUT2D eigenvalue weighted by molar-refractivity contribution is 9.11. The third kappa shape index (κ3) is 3.75. The molecule has 1 aromatic heterocycles. The van der Waals surface area contributed by atoms with Crippen LogP contribution >= 0.6 is 27.3 Å². The van der Waals surface area contributed by atoms with Gasteiger partial charge in [-0.1, -0.05) is 0 Å². The van der Waals surface area contributed by atoms with Crippen LogP contribution in [0.3, 0.4) is 0 Å². The largest absolute Gasteiger partial charge is 0.312 e. The van der Waals surface area contributed by atoms with Gasteiger partial charge in [0.1, 0.15) is 0 Å². The summed E-state index contributed by atoms with van der Waals surface area (Å²) in [4.78, 5) is 1.22. The van der Waals surface area contributed by atoms with Crippen LogP contribution in [0.4, 0.5) is 8.78 Å². The molecule has 1 aliphatic carbocycles. The Balaban J connectivity index is 1.98. The van der Waals surface area contributed by atoms with Crippen LogP contribution in [0.1, 0.15) is 43.0 Å². The van der Waals surface area contributed by atoms with Gasteiger partial charge in [0.05, 0.1) is 3.79 Å². The van der Waals surface area contributed by atoms with Gasteiger partial charge in [-0.3, -0.25) is 0 Å². The van der Waals surface area contributed by atoms with Gasteiger partial charge in [-0.25, -0.2) is 8.78 Å². The standard InChI is InChI=1S/C13H18BrF2NS/c1-17-10(11-4-5-12(14)18-11)7-9-3-2-6-13(15,16)8-9/h4-5,9-10,17H,2-3,6-8H2,1H3. The first-order valence-electron chi connectivity index (χ1n) is 6.30. The van der Waals surface area contributed by atoms with Crippen LogP contribution in [0.15, 0.2) is 15.9 Å². The first-order valence-corrected chi connectivity index (χ1v) is 7.91.